The second-order valence-corrected chi connectivity index (χ2v) is 12.3. The van der Waals surface area contributed by atoms with Crippen LogP contribution in [0.1, 0.15) is 35.4 Å². The van der Waals surface area contributed by atoms with Crippen molar-refractivity contribution in [2.45, 2.75) is 51.5 Å². The molecule has 244 valence electrons. The maximum Gasteiger partial charge on any atom is 0.490 e. The number of thiophene rings is 1. The first-order valence-electron chi connectivity index (χ1n) is 13.7. The largest absolute Gasteiger partial charge is 0.490 e. The van der Waals surface area contributed by atoms with Crippen LogP contribution in [-0.4, -0.2) is 88.0 Å². The van der Waals surface area contributed by atoms with Gasteiger partial charge in [0.05, 0.1) is 5.41 Å². The van der Waals surface area contributed by atoms with Gasteiger partial charge >= 0.3 is 24.3 Å². The monoisotopic (exact) mass is 653 g/mol. The third-order valence-electron chi connectivity index (χ3n) is 7.47. The molecule has 10 nitrogen and oxygen atoms in total. The molecule has 3 aliphatic rings. The summed E-state index contributed by atoms with van der Waals surface area (Å²) in [6.45, 7) is 7.58. The van der Waals surface area contributed by atoms with E-state index >= 15 is 0 Å². The summed E-state index contributed by atoms with van der Waals surface area (Å²) in [5, 5.41) is 17.6. The topological polar surface area (TPSA) is 136 Å². The summed E-state index contributed by atoms with van der Waals surface area (Å²) in [5.74, 6) is -3.51. The van der Waals surface area contributed by atoms with Gasteiger partial charge in [-0.2, -0.15) is 26.3 Å². The summed E-state index contributed by atoms with van der Waals surface area (Å²) >= 11 is 1.88. The van der Waals surface area contributed by atoms with E-state index in [9.17, 15) is 31.1 Å². The van der Waals surface area contributed by atoms with Gasteiger partial charge in [0.1, 0.15) is 0 Å². The Balaban J connectivity index is 0.000000317. The lowest BCUT2D eigenvalue weighted by molar-refractivity contribution is -0.193. The van der Waals surface area contributed by atoms with Crippen molar-refractivity contribution in [2.75, 3.05) is 37.6 Å². The van der Waals surface area contributed by atoms with Crippen molar-refractivity contribution in [3.63, 3.8) is 0 Å². The number of carbonyl (C=O) groups excluding carboxylic acids is 1. The number of anilines is 1. The number of nitrogens with one attached hydrogen (secondary N) is 1. The smallest absolute Gasteiger partial charge is 0.475 e. The minimum Gasteiger partial charge on any atom is -0.475 e. The van der Waals surface area contributed by atoms with Gasteiger partial charge in [-0.1, -0.05) is 0 Å². The van der Waals surface area contributed by atoms with E-state index in [4.69, 9.17) is 19.8 Å². The number of carboxylic acid groups (broad SMARTS) is 2. The number of hydrogen-bond donors (Lipinski definition) is 3. The Bertz CT molecular complexity index is 1250. The van der Waals surface area contributed by atoms with Gasteiger partial charge in [-0.05, 0) is 63.3 Å². The van der Waals surface area contributed by atoms with Crippen LogP contribution in [0.4, 0.5) is 32.3 Å². The number of hydrogen-bond acceptors (Lipinski definition) is 8. The van der Waals surface area contributed by atoms with Crippen LogP contribution in [-0.2, 0) is 20.9 Å². The molecule has 4 heterocycles. The molecule has 1 amide bonds. The number of amides is 1. The molecule has 2 atom stereocenters. The number of nitrogens with zero attached hydrogens (tertiary/aromatic N) is 4. The predicted octanol–water partition coefficient (Wildman–Crippen LogP) is 4.36. The molecule has 3 N–H and O–H groups in total. The minimum atomic E-state index is -5.08. The number of aryl methyl sites for hydroxylation is 1. The Morgan fingerprint density at radius 1 is 1.02 bits per heavy atom. The number of rotatable bonds is 6. The van der Waals surface area contributed by atoms with Crippen LogP contribution in [0, 0.1) is 24.2 Å². The van der Waals surface area contributed by atoms with Crippen LogP contribution in [0.15, 0.2) is 30.6 Å². The van der Waals surface area contributed by atoms with Gasteiger partial charge in [0.15, 0.2) is 0 Å². The molecule has 0 aromatic carbocycles. The number of halogens is 6. The molecule has 2 aromatic heterocycles. The van der Waals surface area contributed by atoms with Crippen molar-refractivity contribution in [3.8, 4) is 0 Å². The molecular formula is C27H33F6N5O5S. The first-order valence-corrected chi connectivity index (χ1v) is 14.5. The molecule has 0 bridgehead atoms. The van der Waals surface area contributed by atoms with E-state index in [2.05, 4.69) is 44.1 Å². The molecule has 1 saturated carbocycles. The lowest BCUT2D eigenvalue weighted by atomic mass is 9.74. The van der Waals surface area contributed by atoms with Gasteiger partial charge in [0.2, 0.25) is 11.9 Å². The maximum absolute atomic E-state index is 13.5. The number of aliphatic carboxylic acids is 2. The average Bonchev–Trinajstić information content (AvgIpc) is 3.62. The maximum atomic E-state index is 13.5. The van der Waals surface area contributed by atoms with Gasteiger partial charge in [0.25, 0.3) is 0 Å². The predicted molar refractivity (Wildman–Crippen MR) is 147 cm³/mol. The zero-order valence-electron chi connectivity index (χ0n) is 23.7. The number of aromatic nitrogens is 2. The Kier molecular flexibility index (Phi) is 11.6. The highest BCUT2D eigenvalue weighted by Crippen LogP contribution is 2.44. The molecule has 17 heteroatoms. The number of fused-ring (bicyclic) bond motifs is 1. The Morgan fingerprint density at radius 3 is 2.11 bits per heavy atom. The minimum absolute atomic E-state index is 0.256. The van der Waals surface area contributed by atoms with E-state index in [1.54, 1.807) is 12.4 Å². The quantitative estimate of drug-likeness (QED) is 0.389. The highest BCUT2D eigenvalue weighted by molar-refractivity contribution is 7.11. The van der Waals surface area contributed by atoms with Crippen molar-refractivity contribution in [1.82, 2.24) is 20.2 Å². The van der Waals surface area contributed by atoms with Gasteiger partial charge < -0.3 is 20.4 Å². The summed E-state index contributed by atoms with van der Waals surface area (Å²) < 4.78 is 63.5. The number of carboxylic acids is 2. The van der Waals surface area contributed by atoms with Crippen molar-refractivity contribution in [1.29, 1.82) is 0 Å². The fourth-order valence-electron chi connectivity index (χ4n) is 5.16. The molecule has 0 spiro atoms. The highest BCUT2D eigenvalue weighted by Gasteiger charge is 2.53. The lowest BCUT2D eigenvalue weighted by Gasteiger charge is -2.32. The van der Waals surface area contributed by atoms with Crippen molar-refractivity contribution in [3.05, 3.63) is 40.3 Å². The first kappa shape index (κ1) is 35.0. The van der Waals surface area contributed by atoms with Crippen LogP contribution >= 0.6 is 11.3 Å². The molecule has 2 saturated heterocycles. The summed E-state index contributed by atoms with van der Waals surface area (Å²) in [7, 11) is 0. The zero-order valence-corrected chi connectivity index (χ0v) is 24.5. The highest BCUT2D eigenvalue weighted by atomic mass is 32.1. The zero-order chi connectivity index (χ0) is 32.7. The van der Waals surface area contributed by atoms with E-state index in [0.29, 0.717) is 11.8 Å². The van der Waals surface area contributed by atoms with Gasteiger partial charge in [-0.3, -0.25) is 9.69 Å². The van der Waals surface area contributed by atoms with Gasteiger partial charge in [-0.25, -0.2) is 19.6 Å². The van der Waals surface area contributed by atoms with Gasteiger partial charge in [-0.15, -0.1) is 11.3 Å². The standard InChI is InChI=1S/C23H31N5OS.2C2HF3O2/c1-17-4-7-20(30-17)15-27-11-2-8-23(21(29)26-12-18-5-6-18)16-28(14-19(23)13-27)22-24-9-3-10-25-22;2*3-2(4,5)1(6)7/h3-4,7,9-10,18-19H,2,5-6,8,11-16H2,1H3,(H,26,29);2*(H,6,7)/t19-,23+;;/m0../s1. The van der Waals surface area contributed by atoms with E-state index in [0.717, 1.165) is 58.1 Å². The summed E-state index contributed by atoms with van der Waals surface area (Å²) in [6.07, 6.45) is -2.06. The first-order chi connectivity index (χ1) is 20.5. The molecule has 0 radical (unpaired) electrons. The van der Waals surface area contributed by atoms with Crippen LogP contribution in [0.25, 0.3) is 0 Å². The molecule has 44 heavy (non-hydrogen) atoms. The third kappa shape index (κ3) is 10.0. The van der Waals surface area contributed by atoms with Crippen LogP contribution < -0.4 is 10.2 Å². The lowest BCUT2D eigenvalue weighted by Crippen LogP contribution is -2.48. The van der Waals surface area contributed by atoms with Crippen molar-refractivity contribution >= 4 is 35.1 Å². The molecule has 3 fully saturated rings. The summed E-state index contributed by atoms with van der Waals surface area (Å²) in [5.41, 5.74) is -0.339. The Labute approximate surface area is 253 Å². The van der Waals surface area contributed by atoms with E-state index < -0.39 is 24.3 Å². The molecule has 0 unspecified atom stereocenters. The molecule has 2 aromatic rings. The summed E-state index contributed by atoms with van der Waals surface area (Å²) in [4.78, 5) is 47.9. The number of carbonyl (C=O) groups is 3. The number of likely N-dealkylation sites (tertiary alicyclic amines) is 1. The van der Waals surface area contributed by atoms with E-state index in [1.165, 1.54) is 22.6 Å². The fraction of sp³-hybridized carbons (Fsp3) is 0.593. The van der Waals surface area contributed by atoms with Crippen LogP contribution in [0.2, 0.25) is 0 Å². The van der Waals surface area contributed by atoms with Crippen LogP contribution in [0.3, 0.4) is 0 Å². The SMILES string of the molecule is Cc1ccc(CN2CCC[C@@]3(C(=O)NCC4CC4)CN(c4ncccn4)C[C@@H]3C2)s1.O=C(O)C(F)(F)F.O=C(O)C(F)(F)F. The number of alkyl halides is 6. The van der Waals surface area contributed by atoms with E-state index in [1.807, 2.05) is 17.4 Å². The average molecular weight is 654 g/mol. The molecule has 5 rings (SSSR count). The second kappa shape index (κ2) is 14.5. The van der Waals surface area contributed by atoms with Crippen molar-refractivity contribution in [2.24, 2.45) is 17.3 Å². The second-order valence-electron chi connectivity index (χ2n) is 10.9. The van der Waals surface area contributed by atoms with Crippen molar-refractivity contribution < 1.29 is 50.9 Å². The van der Waals surface area contributed by atoms with Gasteiger partial charge in [0, 0.05) is 60.8 Å². The fourth-order valence-corrected chi connectivity index (χ4v) is 6.09. The van der Waals surface area contributed by atoms with E-state index in [-0.39, 0.29) is 11.3 Å². The Hall–Kier alpha value is -3.47. The molecule has 1 aliphatic carbocycles. The Morgan fingerprint density at radius 2 is 1.61 bits per heavy atom. The summed E-state index contributed by atoms with van der Waals surface area (Å²) in [6, 6.07) is 6.30. The van der Waals surface area contributed by atoms with Crippen LogP contribution in [0.5, 0.6) is 0 Å². The normalized spacial score (nSPS) is 22.0. The third-order valence-corrected chi connectivity index (χ3v) is 8.45. The molecular weight excluding hydrogens is 620 g/mol. The molecule has 2 aliphatic heterocycles.